The molecule has 1 fully saturated rings. The summed E-state index contributed by atoms with van der Waals surface area (Å²) in [5.74, 6) is 3.93. The minimum absolute atomic E-state index is 0.613. The Labute approximate surface area is 160 Å². The maximum Gasteiger partial charge on any atom is 0.229 e. The Kier molecular flexibility index (Phi) is 5.19. The smallest absolute Gasteiger partial charge is 0.229 e. The second kappa shape index (κ2) is 8.08. The molecule has 0 aliphatic carbocycles. The van der Waals surface area contributed by atoms with Crippen molar-refractivity contribution < 1.29 is 4.74 Å². The SMILES string of the molecule is CC1CCCN(c2ccnc(Nc3ccc(Oc4ccccc4)cc3)n2)C1. The van der Waals surface area contributed by atoms with Crippen molar-refractivity contribution in [3.8, 4) is 11.5 Å². The van der Waals surface area contributed by atoms with Crippen molar-refractivity contribution in [2.75, 3.05) is 23.3 Å². The molecule has 1 saturated heterocycles. The fourth-order valence-corrected chi connectivity index (χ4v) is 3.34. The van der Waals surface area contributed by atoms with Crippen molar-refractivity contribution >= 4 is 17.5 Å². The Balaban J connectivity index is 1.42. The normalized spacial score (nSPS) is 16.8. The number of nitrogens with one attached hydrogen (secondary N) is 1. The van der Waals surface area contributed by atoms with Crippen LogP contribution >= 0.6 is 0 Å². The fraction of sp³-hybridized carbons (Fsp3) is 0.273. The van der Waals surface area contributed by atoms with Crippen molar-refractivity contribution in [1.82, 2.24) is 9.97 Å². The van der Waals surface area contributed by atoms with E-state index in [9.17, 15) is 0 Å². The predicted molar refractivity (Wildman–Crippen MR) is 109 cm³/mol. The van der Waals surface area contributed by atoms with Crippen LogP contribution in [-0.2, 0) is 0 Å². The van der Waals surface area contributed by atoms with Crippen LogP contribution in [0.25, 0.3) is 0 Å². The first-order valence-electron chi connectivity index (χ1n) is 9.44. The molecule has 1 aliphatic heterocycles. The molecule has 4 rings (SSSR count). The van der Waals surface area contributed by atoms with E-state index in [1.54, 1.807) is 0 Å². The topological polar surface area (TPSA) is 50.3 Å². The van der Waals surface area contributed by atoms with Crippen LogP contribution in [0.5, 0.6) is 11.5 Å². The van der Waals surface area contributed by atoms with Gasteiger partial charge in [-0.1, -0.05) is 25.1 Å². The summed E-state index contributed by atoms with van der Waals surface area (Å²) in [4.78, 5) is 11.4. The van der Waals surface area contributed by atoms with Crippen LogP contribution < -0.4 is 15.0 Å². The van der Waals surface area contributed by atoms with Crippen molar-refractivity contribution in [2.45, 2.75) is 19.8 Å². The van der Waals surface area contributed by atoms with Gasteiger partial charge in [0.25, 0.3) is 0 Å². The zero-order valence-corrected chi connectivity index (χ0v) is 15.5. The van der Waals surface area contributed by atoms with Gasteiger partial charge < -0.3 is 15.0 Å². The molecule has 1 unspecified atom stereocenters. The molecule has 2 aromatic carbocycles. The molecule has 1 aliphatic rings. The summed E-state index contributed by atoms with van der Waals surface area (Å²) in [6.45, 7) is 4.42. The molecule has 0 bridgehead atoms. The van der Waals surface area contributed by atoms with Gasteiger partial charge in [0.1, 0.15) is 17.3 Å². The number of piperidine rings is 1. The zero-order chi connectivity index (χ0) is 18.5. The molecular weight excluding hydrogens is 336 g/mol. The molecule has 5 heteroatoms. The van der Waals surface area contributed by atoms with Crippen LogP contribution in [0.4, 0.5) is 17.5 Å². The molecule has 0 amide bonds. The van der Waals surface area contributed by atoms with Crippen molar-refractivity contribution in [3.05, 3.63) is 66.9 Å². The quantitative estimate of drug-likeness (QED) is 0.673. The summed E-state index contributed by atoms with van der Waals surface area (Å²) in [5.41, 5.74) is 0.930. The monoisotopic (exact) mass is 360 g/mol. The number of hydrogen-bond donors (Lipinski definition) is 1. The fourth-order valence-electron chi connectivity index (χ4n) is 3.34. The number of para-hydroxylation sites is 1. The standard InChI is InChI=1S/C22H24N4O/c1-17-6-5-15-26(16-17)21-13-14-23-22(25-21)24-18-9-11-20(12-10-18)27-19-7-3-2-4-8-19/h2-4,7-14,17H,5-6,15-16H2,1H3,(H,23,24,25). The van der Waals surface area contributed by atoms with Gasteiger partial charge in [-0.05, 0) is 61.2 Å². The minimum Gasteiger partial charge on any atom is -0.457 e. The van der Waals surface area contributed by atoms with Gasteiger partial charge in [0, 0.05) is 25.0 Å². The predicted octanol–water partition coefficient (Wildman–Crippen LogP) is 5.25. The average Bonchev–Trinajstić information content (AvgIpc) is 2.71. The van der Waals surface area contributed by atoms with Crippen LogP contribution in [0.15, 0.2) is 66.9 Å². The summed E-state index contributed by atoms with van der Waals surface area (Å²) in [6.07, 6.45) is 4.33. The molecule has 0 saturated carbocycles. The molecular formula is C22H24N4O. The molecule has 0 spiro atoms. The maximum absolute atomic E-state index is 5.83. The highest BCUT2D eigenvalue weighted by Gasteiger charge is 2.17. The highest BCUT2D eigenvalue weighted by molar-refractivity contribution is 5.56. The molecule has 1 aromatic heterocycles. The van der Waals surface area contributed by atoms with Gasteiger partial charge in [-0.2, -0.15) is 4.98 Å². The summed E-state index contributed by atoms with van der Waals surface area (Å²) in [7, 11) is 0. The number of benzene rings is 2. The van der Waals surface area contributed by atoms with E-state index in [0.29, 0.717) is 11.9 Å². The third-order valence-corrected chi connectivity index (χ3v) is 4.71. The first-order valence-corrected chi connectivity index (χ1v) is 9.44. The Morgan fingerprint density at radius 3 is 2.56 bits per heavy atom. The van der Waals surface area contributed by atoms with Crippen LogP contribution in [0.3, 0.4) is 0 Å². The Hall–Kier alpha value is -3.08. The second-order valence-electron chi connectivity index (χ2n) is 7.00. The summed E-state index contributed by atoms with van der Waals surface area (Å²) in [6, 6.07) is 19.6. The lowest BCUT2D eigenvalue weighted by Crippen LogP contribution is -2.34. The van der Waals surface area contributed by atoms with Crippen LogP contribution in [-0.4, -0.2) is 23.1 Å². The maximum atomic E-state index is 5.83. The second-order valence-corrected chi connectivity index (χ2v) is 7.00. The first kappa shape index (κ1) is 17.3. The van der Waals surface area contributed by atoms with Crippen LogP contribution in [0, 0.1) is 5.92 Å². The summed E-state index contributed by atoms with van der Waals surface area (Å²) in [5, 5.41) is 3.28. The largest absolute Gasteiger partial charge is 0.457 e. The van der Waals surface area contributed by atoms with Gasteiger partial charge in [-0.15, -0.1) is 0 Å². The number of rotatable bonds is 5. The lowest BCUT2D eigenvalue weighted by molar-refractivity contribution is 0.444. The van der Waals surface area contributed by atoms with Gasteiger partial charge in [-0.25, -0.2) is 4.98 Å². The molecule has 1 atom stereocenters. The lowest BCUT2D eigenvalue weighted by atomic mass is 10.0. The molecule has 27 heavy (non-hydrogen) atoms. The van der Waals surface area contributed by atoms with E-state index in [-0.39, 0.29) is 0 Å². The molecule has 138 valence electrons. The third-order valence-electron chi connectivity index (χ3n) is 4.71. The van der Waals surface area contributed by atoms with E-state index in [1.807, 2.05) is 66.9 Å². The Morgan fingerprint density at radius 2 is 1.78 bits per heavy atom. The third kappa shape index (κ3) is 4.56. The van der Waals surface area contributed by atoms with Gasteiger partial charge in [-0.3, -0.25) is 0 Å². The van der Waals surface area contributed by atoms with Gasteiger partial charge in [0.2, 0.25) is 5.95 Å². The zero-order valence-electron chi connectivity index (χ0n) is 15.5. The van der Waals surface area contributed by atoms with Crippen LogP contribution in [0.2, 0.25) is 0 Å². The van der Waals surface area contributed by atoms with E-state index >= 15 is 0 Å². The average molecular weight is 360 g/mol. The van der Waals surface area contributed by atoms with Crippen LogP contribution in [0.1, 0.15) is 19.8 Å². The highest BCUT2D eigenvalue weighted by atomic mass is 16.5. The van der Waals surface area contributed by atoms with E-state index in [4.69, 9.17) is 4.74 Å². The lowest BCUT2D eigenvalue weighted by Gasteiger charge is -2.31. The molecule has 1 N–H and O–H groups in total. The number of hydrogen-bond acceptors (Lipinski definition) is 5. The molecule has 0 radical (unpaired) electrons. The van der Waals surface area contributed by atoms with Gasteiger partial charge >= 0.3 is 0 Å². The van der Waals surface area contributed by atoms with Crippen molar-refractivity contribution in [2.24, 2.45) is 5.92 Å². The first-order chi connectivity index (χ1) is 13.3. The number of ether oxygens (including phenoxy) is 1. The Bertz CT molecular complexity index is 867. The highest BCUT2D eigenvalue weighted by Crippen LogP contribution is 2.25. The van der Waals surface area contributed by atoms with Crippen molar-refractivity contribution in [3.63, 3.8) is 0 Å². The molecule has 2 heterocycles. The summed E-state index contributed by atoms with van der Waals surface area (Å²) < 4.78 is 5.83. The van der Waals surface area contributed by atoms with E-state index < -0.39 is 0 Å². The Morgan fingerprint density at radius 1 is 1.00 bits per heavy atom. The van der Waals surface area contributed by atoms with Gasteiger partial charge in [0.15, 0.2) is 0 Å². The minimum atomic E-state index is 0.613. The number of nitrogens with zero attached hydrogens (tertiary/aromatic N) is 3. The molecule has 5 nitrogen and oxygen atoms in total. The summed E-state index contributed by atoms with van der Waals surface area (Å²) >= 11 is 0. The van der Waals surface area contributed by atoms with Crippen molar-refractivity contribution in [1.29, 1.82) is 0 Å². The van der Waals surface area contributed by atoms with E-state index in [0.717, 1.165) is 36.1 Å². The number of anilines is 3. The molecule has 3 aromatic rings. The van der Waals surface area contributed by atoms with E-state index in [2.05, 4.69) is 27.1 Å². The van der Waals surface area contributed by atoms with E-state index in [1.165, 1.54) is 12.8 Å². The van der Waals surface area contributed by atoms with Gasteiger partial charge in [0.05, 0.1) is 0 Å². The number of aromatic nitrogens is 2.